The highest BCUT2D eigenvalue weighted by atomic mass is 16.2. The maximum atomic E-state index is 12.0. The normalized spacial score (nSPS) is 10.8. The molecule has 0 saturated heterocycles. The van der Waals surface area contributed by atoms with Crippen molar-refractivity contribution in [2.45, 2.75) is 40.2 Å². The first kappa shape index (κ1) is 17.7. The lowest BCUT2D eigenvalue weighted by Crippen LogP contribution is -2.47. The van der Waals surface area contributed by atoms with Crippen LogP contribution in [0.15, 0.2) is 24.3 Å². The third-order valence-corrected chi connectivity index (χ3v) is 2.70. The van der Waals surface area contributed by atoms with E-state index in [2.05, 4.69) is 10.6 Å². The molecule has 0 saturated carbocycles. The summed E-state index contributed by atoms with van der Waals surface area (Å²) in [6, 6.07) is 6.76. The van der Waals surface area contributed by atoms with Gasteiger partial charge in [-0.2, -0.15) is 0 Å². The van der Waals surface area contributed by atoms with Crippen LogP contribution in [0, 0.1) is 0 Å². The SMILES string of the molecule is CC(=O)Nc1ccc(N(CC(=O)NC(C)(C)C)C(C)=O)cc1. The second-order valence-corrected chi connectivity index (χ2v) is 6.13. The quantitative estimate of drug-likeness (QED) is 0.892. The van der Waals surface area contributed by atoms with Gasteiger partial charge in [-0.3, -0.25) is 14.4 Å². The third kappa shape index (κ3) is 5.95. The van der Waals surface area contributed by atoms with E-state index in [9.17, 15) is 14.4 Å². The fraction of sp³-hybridized carbons (Fsp3) is 0.438. The van der Waals surface area contributed by atoms with Crippen molar-refractivity contribution in [2.24, 2.45) is 0 Å². The van der Waals surface area contributed by atoms with E-state index < -0.39 is 0 Å². The van der Waals surface area contributed by atoms with Crippen LogP contribution >= 0.6 is 0 Å². The lowest BCUT2D eigenvalue weighted by Gasteiger charge is -2.25. The Kier molecular flexibility index (Phi) is 5.68. The molecule has 0 aromatic heterocycles. The predicted molar refractivity (Wildman–Crippen MR) is 86.7 cm³/mol. The number of amides is 3. The summed E-state index contributed by atoms with van der Waals surface area (Å²) in [6.07, 6.45) is 0. The van der Waals surface area contributed by atoms with Gasteiger partial charge in [-0.05, 0) is 45.0 Å². The first-order chi connectivity index (χ1) is 10.1. The minimum Gasteiger partial charge on any atom is -0.350 e. The van der Waals surface area contributed by atoms with Crippen molar-refractivity contribution in [2.75, 3.05) is 16.8 Å². The molecule has 3 amide bonds. The van der Waals surface area contributed by atoms with Gasteiger partial charge in [0.05, 0.1) is 0 Å². The number of hydrogen-bond donors (Lipinski definition) is 2. The zero-order valence-electron chi connectivity index (χ0n) is 13.7. The summed E-state index contributed by atoms with van der Waals surface area (Å²) >= 11 is 0. The van der Waals surface area contributed by atoms with Crippen LogP contribution in [0.3, 0.4) is 0 Å². The minimum atomic E-state index is -0.352. The molecule has 1 aromatic rings. The highest BCUT2D eigenvalue weighted by Gasteiger charge is 2.19. The zero-order chi connectivity index (χ0) is 16.9. The number of nitrogens with zero attached hydrogens (tertiary/aromatic N) is 1. The van der Waals surface area contributed by atoms with E-state index in [-0.39, 0.29) is 29.8 Å². The summed E-state index contributed by atoms with van der Waals surface area (Å²) in [5.41, 5.74) is 0.888. The number of hydrogen-bond acceptors (Lipinski definition) is 3. The maximum absolute atomic E-state index is 12.0. The average Bonchev–Trinajstić information content (AvgIpc) is 2.34. The minimum absolute atomic E-state index is 0.0495. The van der Waals surface area contributed by atoms with Crippen LogP contribution in [-0.2, 0) is 14.4 Å². The van der Waals surface area contributed by atoms with Crippen LogP contribution in [0.2, 0.25) is 0 Å². The van der Waals surface area contributed by atoms with Crippen molar-refractivity contribution < 1.29 is 14.4 Å². The van der Waals surface area contributed by atoms with E-state index in [4.69, 9.17) is 0 Å². The zero-order valence-corrected chi connectivity index (χ0v) is 13.7. The van der Waals surface area contributed by atoms with E-state index in [1.165, 1.54) is 18.7 Å². The number of carbonyl (C=O) groups excluding carboxylic acids is 3. The molecule has 120 valence electrons. The lowest BCUT2D eigenvalue weighted by molar-refractivity contribution is -0.124. The Labute approximate surface area is 130 Å². The molecule has 0 fully saturated rings. The number of benzene rings is 1. The van der Waals surface area contributed by atoms with Crippen molar-refractivity contribution >= 4 is 29.1 Å². The van der Waals surface area contributed by atoms with Gasteiger partial charge < -0.3 is 15.5 Å². The molecule has 0 aliphatic heterocycles. The van der Waals surface area contributed by atoms with Crippen molar-refractivity contribution in [1.29, 1.82) is 0 Å². The topological polar surface area (TPSA) is 78.5 Å². The molecule has 1 aromatic carbocycles. The molecule has 0 spiro atoms. The molecule has 22 heavy (non-hydrogen) atoms. The summed E-state index contributed by atoms with van der Waals surface area (Å²) in [5.74, 6) is -0.620. The van der Waals surface area contributed by atoms with Gasteiger partial charge in [0.25, 0.3) is 0 Å². The van der Waals surface area contributed by atoms with E-state index in [1.54, 1.807) is 24.3 Å². The van der Waals surface area contributed by atoms with Crippen LogP contribution in [0.5, 0.6) is 0 Å². The van der Waals surface area contributed by atoms with Gasteiger partial charge in [-0.25, -0.2) is 0 Å². The summed E-state index contributed by atoms with van der Waals surface area (Å²) < 4.78 is 0. The predicted octanol–water partition coefficient (Wildman–Crippen LogP) is 1.91. The summed E-state index contributed by atoms with van der Waals surface area (Å²) in [5, 5.41) is 5.47. The van der Waals surface area contributed by atoms with Crippen LogP contribution in [0.1, 0.15) is 34.6 Å². The van der Waals surface area contributed by atoms with Crippen LogP contribution in [0.25, 0.3) is 0 Å². The Morgan fingerprint density at radius 3 is 2.00 bits per heavy atom. The third-order valence-electron chi connectivity index (χ3n) is 2.70. The van der Waals surface area contributed by atoms with Crippen molar-refractivity contribution in [3.8, 4) is 0 Å². The fourth-order valence-electron chi connectivity index (χ4n) is 1.91. The number of carbonyl (C=O) groups is 3. The van der Waals surface area contributed by atoms with Gasteiger partial charge in [0.1, 0.15) is 6.54 Å². The molecule has 0 bridgehead atoms. The van der Waals surface area contributed by atoms with Crippen molar-refractivity contribution in [3.05, 3.63) is 24.3 Å². The van der Waals surface area contributed by atoms with Gasteiger partial charge in [-0.1, -0.05) is 0 Å². The molecule has 0 heterocycles. The van der Waals surface area contributed by atoms with E-state index in [0.717, 1.165) is 0 Å². The van der Waals surface area contributed by atoms with Gasteiger partial charge in [-0.15, -0.1) is 0 Å². The monoisotopic (exact) mass is 305 g/mol. The van der Waals surface area contributed by atoms with Crippen molar-refractivity contribution in [1.82, 2.24) is 5.32 Å². The van der Waals surface area contributed by atoms with Gasteiger partial charge in [0.15, 0.2) is 0 Å². The van der Waals surface area contributed by atoms with Crippen LogP contribution in [-0.4, -0.2) is 29.8 Å². The maximum Gasteiger partial charge on any atom is 0.240 e. The first-order valence-corrected chi connectivity index (χ1v) is 7.05. The molecule has 0 atom stereocenters. The van der Waals surface area contributed by atoms with Crippen LogP contribution in [0.4, 0.5) is 11.4 Å². The molecule has 6 heteroatoms. The number of anilines is 2. The number of nitrogens with one attached hydrogen (secondary N) is 2. The molecule has 0 aliphatic rings. The van der Waals surface area contributed by atoms with E-state index in [0.29, 0.717) is 11.4 Å². The second kappa shape index (κ2) is 7.06. The Morgan fingerprint density at radius 2 is 1.59 bits per heavy atom. The van der Waals surface area contributed by atoms with E-state index >= 15 is 0 Å². The van der Waals surface area contributed by atoms with Gasteiger partial charge in [0.2, 0.25) is 17.7 Å². The van der Waals surface area contributed by atoms with Crippen molar-refractivity contribution in [3.63, 3.8) is 0 Å². The molecule has 0 radical (unpaired) electrons. The fourth-order valence-corrected chi connectivity index (χ4v) is 1.91. The van der Waals surface area contributed by atoms with Gasteiger partial charge in [0, 0.05) is 30.8 Å². The molecular formula is C16H23N3O3. The van der Waals surface area contributed by atoms with Crippen LogP contribution < -0.4 is 15.5 Å². The first-order valence-electron chi connectivity index (χ1n) is 7.05. The number of rotatable bonds is 4. The molecule has 6 nitrogen and oxygen atoms in total. The molecule has 1 rings (SSSR count). The Hall–Kier alpha value is -2.37. The lowest BCUT2D eigenvalue weighted by atomic mass is 10.1. The average molecular weight is 305 g/mol. The molecular weight excluding hydrogens is 282 g/mol. The highest BCUT2D eigenvalue weighted by Crippen LogP contribution is 2.18. The Bertz CT molecular complexity index is 559. The molecule has 2 N–H and O–H groups in total. The Balaban J connectivity index is 2.85. The summed E-state index contributed by atoms with van der Waals surface area (Å²) in [6.45, 7) is 8.42. The standard InChI is InChI=1S/C16H23N3O3/c1-11(20)17-13-6-8-14(9-7-13)19(12(2)21)10-15(22)18-16(3,4)5/h6-9H,10H2,1-5H3,(H,17,20)(H,18,22). The molecule has 0 unspecified atom stereocenters. The Morgan fingerprint density at radius 1 is 1.05 bits per heavy atom. The molecule has 0 aliphatic carbocycles. The smallest absolute Gasteiger partial charge is 0.240 e. The highest BCUT2D eigenvalue weighted by molar-refractivity contribution is 5.98. The summed E-state index contributed by atoms with van der Waals surface area (Å²) in [7, 11) is 0. The van der Waals surface area contributed by atoms with E-state index in [1.807, 2.05) is 20.8 Å². The summed E-state index contributed by atoms with van der Waals surface area (Å²) in [4.78, 5) is 36.2. The second-order valence-electron chi connectivity index (χ2n) is 6.13. The van der Waals surface area contributed by atoms with Gasteiger partial charge >= 0.3 is 0 Å². The largest absolute Gasteiger partial charge is 0.350 e.